The fourth-order valence-electron chi connectivity index (χ4n) is 2.34. The summed E-state index contributed by atoms with van der Waals surface area (Å²) in [6.07, 6.45) is 5.66. The van der Waals surface area contributed by atoms with Gasteiger partial charge in [-0.1, -0.05) is 13.3 Å². The first-order valence-corrected chi connectivity index (χ1v) is 7.28. The largest absolute Gasteiger partial charge is 0.354 e. The van der Waals surface area contributed by atoms with Gasteiger partial charge in [0, 0.05) is 19.1 Å². The van der Waals surface area contributed by atoms with Crippen molar-refractivity contribution < 1.29 is 4.79 Å². The van der Waals surface area contributed by atoms with Gasteiger partial charge in [-0.25, -0.2) is 0 Å². The molecular weight excluding hydrogens is 226 g/mol. The minimum atomic E-state index is -0.724. The monoisotopic (exact) mass is 255 g/mol. The molecule has 0 spiro atoms. The third-order valence-electron chi connectivity index (χ3n) is 4.10. The van der Waals surface area contributed by atoms with Gasteiger partial charge in [0.05, 0.1) is 5.54 Å². The quantitative estimate of drug-likeness (QED) is 0.707. The van der Waals surface area contributed by atoms with Crippen molar-refractivity contribution >= 4 is 5.91 Å². The third-order valence-corrected chi connectivity index (χ3v) is 4.10. The maximum Gasteiger partial charge on any atom is 0.239 e. The zero-order chi connectivity index (χ0) is 13.6. The molecule has 0 aromatic heterocycles. The van der Waals surface area contributed by atoms with Crippen LogP contribution in [0.3, 0.4) is 0 Å². The molecule has 1 aliphatic rings. The van der Waals surface area contributed by atoms with Crippen molar-refractivity contribution in [3.05, 3.63) is 0 Å². The van der Waals surface area contributed by atoms with Crippen LogP contribution in [0.5, 0.6) is 0 Å². The number of carbonyl (C=O) groups is 1. The highest BCUT2D eigenvalue weighted by Crippen LogP contribution is 2.16. The molecular formula is C14H29N3O. The molecule has 4 heteroatoms. The summed E-state index contributed by atoms with van der Waals surface area (Å²) >= 11 is 0. The van der Waals surface area contributed by atoms with Gasteiger partial charge in [-0.2, -0.15) is 0 Å². The number of nitrogens with zero attached hydrogens (tertiary/aromatic N) is 1. The van der Waals surface area contributed by atoms with E-state index in [2.05, 4.69) is 17.1 Å². The van der Waals surface area contributed by atoms with Crippen LogP contribution >= 0.6 is 0 Å². The number of hydrogen-bond acceptors (Lipinski definition) is 3. The molecule has 1 rings (SSSR count). The number of nitrogens with one attached hydrogen (secondary N) is 1. The normalized spacial score (nSPS) is 24.6. The summed E-state index contributed by atoms with van der Waals surface area (Å²) in [5, 5.41) is 2.94. The van der Waals surface area contributed by atoms with E-state index in [1.807, 2.05) is 6.92 Å². The van der Waals surface area contributed by atoms with Gasteiger partial charge in [0.15, 0.2) is 0 Å². The highest BCUT2D eigenvalue weighted by atomic mass is 16.2. The number of amides is 1. The first-order chi connectivity index (χ1) is 8.47. The standard InChI is InChI=1S/C14H29N3O/c1-4-14(3,15)13(18)16-9-7-11-17-10-6-5-8-12(17)2/h12H,4-11,15H2,1-3H3,(H,16,18). The van der Waals surface area contributed by atoms with Crippen molar-refractivity contribution in [2.75, 3.05) is 19.6 Å². The molecule has 0 aromatic carbocycles. The van der Waals surface area contributed by atoms with Crippen LogP contribution in [0.15, 0.2) is 0 Å². The van der Waals surface area contributed by atoms with E-state index in [0.717, 1.165) is 19.5 Å². The summed E-state index contributed by atoms with van der Waals surface area (Å²) in [6.45, 7) is 9.04. The topological polar surface area (TPSA) is 58.4 Å². The zero-order valence-electron chi connectivity index (χ0n) is 12.2. The molecule has 0 radical (unpaired) electrons. The van der Waals surface area contributed by atoms with Crippen molar-refractivity contribution in [2.24, 2.45) is 5.73 Å². The highest BCUT2D eigenvalue weighted by Gasteiger charge is 2.25. The second kappa shape index (κ2) is 7.10. The van der Waals surface area contributed by atoms with Crippen molar-refractivity contribution in [3.63, 3.8) is 0 Å². The molecule has 1 amide bonds. The minimum Gasteiger partial charge on any atom is -0.354 e. The van der Waals surface area contributed by atoms with Crippen LogP contribution in [0, 0.1) is 0 Å². The fraction of sp³-hybridized carbons (Fsp3) is 0.929. The first kappa shape index (κ1) is 15.4. The predicted molar refractivity (Wildman–Crippen MR) is 75.4 cm³/mol. The van der Waals surface area contributed by atoms with Crippen molar-refractivity contribution in [1.29, 1.82) is 0 Å². The second-order valence-electron chi connectivity index (χ2n) is 5.76. The smallest absolute Gasteiger partial charge is 0.239 e. The maximum absolute atomic E-state index is 11.8. The van der Waals surface area contributed by atoms with E-state index >= 15 is 0 Å². The second-order valence-corrected chi connectivity index (χ2v) is 5.76. The lowest BCUT2D eigenvalue weighted by Gasteiger charge is -2.33. The van der Waals surface area contributed by atoms with E-state index < -0.39 is 5.54 Å². The Labute approximate surface area is 111 Å². The molecule has 18 heavy (non-hydrogen) atoms. The SMILES string of the molecule is CCC(C)(N)C(=O)NCCCN1CCCCC1C. The van der Waals surface area contributed by atoms with Gasteiger partial charge >= 0.3 is 0 Å². The molecule has 0 aromatic rings. The van der Waals surface area contributed by atoms with Crippen molar-refractivity contribution in [1.82, 2.24) is 10.2 Å². The Kier molecular flexibility index (Phi) is 6.09. The average molecular weight is 255 g/mol. The number of likely N-dealkylation sites (tertiary alicyclic amines) is 1. The summed E-state index contributed by atoms with van der Waals surface area (Å²) in [6, 6.07) is 0.699. The molecule has 2 unspecified atom stereocenters. The van der Waals surface area contributed by atoms with Crippen molar-refractivity contribution in [3.8, 4) is 0 Å². The van der Waals surface area contributed by atoms with Crippen LogP contribution in [0.1, 0.15) is 52.9 Å². The average Bonchev–Trinajstić information content (AvgIpc) is 2.36. The van der Waals surface area contributed by atoms with Crippen LogP contribution in [-0.4, -0.2) is 42.0 Å². The summed E-state index contributed by atoms with van der Waals surface area (Å²) in [5.74, 6) is -0.0308. The molecule has 0 aliphatic carbocycles. The number of carbonyl (C=O) groups excluding carboxylic acids is 1. The van der Waals surface area contributed by atoms with E-state index in [9.17, 15) is 4.79 Å². The third kappa shape index (κ3) is 4.58. The molecule has 1 aliphatic heterocycles. The molecule has 1 saturated heterocycles. The molecule has 106 valence electrons. The number of hydrogen-bond donors (Lipinski definition) is 2. The number of piperidine rings is 1. The van der Waals surface area contributed by atoms with Gasteiger partial charge < -0.3 is 16.0 Å². The Hall–Kier alpha value is -0.610. The molecule has 1 heterocycles. The molecule has 0 bridgehead atoms. The Morgan fingerprint density at radius 1 is 1.50 bits per heavy atom. The van der Waals surface area contributed by atoms with E-state index in [1.54, 1.807) is 6.92 Å². The van der Waals surface area contributed by atoms with Gasteiger partial charge in [-0.15, -0.1) is 0 Å². The van der Waals surface area contributed by atoms with E-state index in [1.165, 1.54) is 25.8 Å². The van der Waals surface area contributed by atoms with Crippen LogP contribution in [-0.2, 0) is 4.79 Å². The summed E-state index contributed by atoms with van der Waals surface area (Å²) in [7, 11) is 0. The van der Waals surface area contributed by atoms with Gasteiger partial charge in [-0.3, -0.25) is 4.79 Å². The van der Waals surface area contributed by atoms with Crippen LogP contribution in [0.4, 0.5) is 0 Å². The molecule has 4 nitrogen and oxygen atoms in total. The van der Waals surface area contributed by atoms with Crippen molar-refractivity contribution in [2.45, 2.75) is 64.5 Å². The Morgan fingerprint density at radius 3 is 2.83 bits per heavy atom. The molecule has 1 fully saturated rings. The van der Waals surface area contributed by atoms with E-state index in [4.69, 9.17) is 5.73 Å². The summed E-state index contributed by atoms with van der Waals surface area (Å²) in [4.78, 5) is 14.3. The van der Waals surface area contributed by atoms with Gasteiger partial charge in [0.2, 0.25) is 5.91 Å². The zero-order valence-corrected chi connectivity index (χ0v) is 12.2. The Morgan fingerprint density at radius 2 is 2.22 bits per heavy atom. The molecule has 2 atom stereocenters. The number of nitrogens with two attached hydrogens (primary N) is 1. The van der Waals surface area contributed by atoms with E-state index in [-0.39, 0.29) is 5.91 Å². The molecule has 0 saturated carbocycles. The lowest BCUT2D eigenvalue weighted by atomic mass is 9.99. The lowest BCUT2D eigenvalue weighted by Crippen LogP contribution is -2.51. The predicted octanol–water partition coefficient (Wildman–Crippen LogP) is 1.49. The fourth-order valence-corrected chi connectivity index (χ4v) is 2.34. The van der Waals surface area contributed by atoms with Crippen LogP contribution < -0.4 is 11.1 Å². The van der Waals surface area contributed by atoms with Gasteiger partial charge in [0.25, 0.3) is 0 Å². The number of rotatable bonds is 6. The van der Waals surface area contributed by atoms with E-state index in [0.29, 0.717) is 12.5 Å². The molecule has 3 N–H and O–H groups in total. The van der Waals surface area contributed by atoms with Crippen LogP contribution in [0.25, 0.3) is 0 Å². The Bertz CT molecular complexity index is 266. The van der Waals surface area contributed by atoms with Gasteiger partial charge in [-0.05, 0) is 46.1 Å². The summed E-state index contributed by atoms with van der Waals surface area (Å²) in [5.41, 5.74) is 5.16. The van der Waals surface area contributed by atoms with Gasteiger partial charge in [0.1, 0.15) is 0 Å². The summed E-state index contributed by atoms with van der Waals surface area (Å²) < 4.78 is 0. The lowest BCUT2D eigenvalue weighted by molar-refractivity contribution is -0.125. The first-order valence-electron chi connectivity index (χ1n) is 7.28. The highest BCUT2D eigenvalue weighted by molar-refractivity contribution is 5.85. The Balaban J connectivity index is 2.16. The minimum absolute atomic E-state index is 0.0308. The van der Waals surface area contributed by atoms with Crippen LogP contribution in [0.2, 0.25) is 0 Å². The maximum atomic E-state index is 11.8.